The van der Waals surface area contributed by atoms with E-state index in [-0.39, 0.29) is 37.4 Å². The number of unbranched alkanes of at least 4 members (excludes halogenated alkanes) is 1. The van der Waals surface area contributed by atoms with E-state index in [9.17, 15) is 9.59 Å². The van der Waals surface area contributed by atoms with Gasteiger partial charge in [-0.05, 0) is 20.3 Å². The van der Waals surface area contributed by atoms with Crippen molar-refractivity contribution in [1.82, 2.24) is 0 Å². The van der Waals surface area contributed by atoms with Crippen LogP contribution in [0.5, 0.6) is 0 Å². The summed E-state index contributed by atoms with van der Waals surface area (Å²) in [5.41, 5.74) is 0. The Kier molecular flexibility index (Phi) is 10.5. The van der Waals surface area contributed by atoms with Crippen molar-refractivity contribution >= 4 is 11.6 Å². The average Bonchev–Trinajstić information content (AvgIpc) is 1.96. The van der Waals surface area contributed by atoms with Gasteiger partial charge in [0.25, 0.3) is 0 Å². The molecule has 0 spiro atoms. The number of carbonyl (C=O) groups is 2. The third kappa shape index (κ3) is 7.26. The molecular formula is C9H16HfO3. The molecule has 3 nitrogen and oxygen atoms in total. The fourth-order valence-corrected chi connectivity index (χ4v) is 0.866. The molecular weight excluding hydrogens is 335 g/mol. The number of Topliss-reactive ketones (excluding diaryl/α,β-unsaturated/α-hetero) is 2. The van der Waals surface area contributed by atoms with Gasteiger partial charge in [-0.1, -0.05) is 13.3 Å². The largest absolute Gasteiger partial charge is 0.363 e. The predicted molar refractivity (Wildman–Crippen MR) is 46.0 cm³/mol. The van der Waals surface area contributed by atoms with E-state index in [4.69, 9.17) is 4.74 Å². The zero-order valence-corrected chi connectivity index (χ0v) is 12.0. The molecule has 0 atom stereocenters. The zero-order valence-electron chi connectivity index (χ0n) is 8.42. The molecule has 13 heavy (non-hydrogen) atoms. The number of hydrogen-bond donors (Lipinski definition) is 0. The molecule has 0 fully saturated rings. The van der Waals surface area contributed by atoms with E-state index in [1.165, 1.54) is 13.8 Å². The molecule has 0 saturated carbocycles. The van der Waals surface area contributed by atoms with Crippen LogP contribution in [0, 0.1) is 0 Å². The predicted octanol–water partition coefficient (Wildman–Crippen LogP) is 1.35. The van der Waals surface area contributed by atoms with E-state index < -0.39 is 6.10 Å². The smallest absolute Gasteiger partial charge is 0.173 e. The Bertz CT molecular complexity index is 154. The van der Waals surface area contributed by atoms with Crippen molar-refractivity contribution in [3.05, 3.63) is 0 Å². The van der Waals surface area contributed by atoms with Crippen molar-refractivity contribution in [3.63, 3.8) is 0 Å². The number of rotatable bonds is 6. The summed E-state index contributed by atoms with van der Waals surface area (Å²) in [7, 11) is 0. The van der Waals surface area contributed by atoms with Gasteiger partial charge in [0.1, 0.15) is 0 Å². The van der Waals surface area contributed by atoms with Gasteiger partial charge in [-0.2, -0.15) is 0 Å². The van der Waals surface area contributed by atoms with Gasteiger partial charge in [0.2, 0.25) is 0 Å². The Morgan fingerprint density at radius 3 is 2.00 bits per heavy atom. The maximum atomic E-state index is 10.8. The maximum absolute atomic E-state index is 10.8. The third-order valence-corrected chi connectivity index (χ3v) is 1.52. The molecule has 0 aliphatic rings. The summed E-state index contributed by atoms with van der Waals surface area (Å²) in [6, 6.07) is 0. The van der Waals surface area contributed by atoms with Gasteiger partial charge >= 0.3 is 0 Å². The van der Waals surface area contributed by atoms with Gasteiger partial charge in [0.05, 0.1) is 0 Å². The second-order valence-electron chi connectivity index (χ2n) is 2.83. The first-order valence-electron chi connectivity index (χ1n) is 4.22. The second kappa shape index (κ2) is 8.75. The van der Waals surface area contributed by atoms with E-state index in [1.54, 1.807) is 0 Å². The normalized spacial score (nSPS) is 9.54. The van der Waals surface area contributed by atoms with Crippen LogP contribution in [0.3, 0.4) is 0 Å². The van der Waals surface area contributed by atoms with E-state index in [1.807, 2.05) is 6.92 Å². The van der Waals surface area contributed by atoms with E-state index in [2.05, 4.69) is 0 Å². The molecule has 0 amide bonds. The standard InChI is InChI=1S/C9H16O3.Hf/c1-4-5-6-12-9(7(2)10)8(3)11;/h9H,4-6H2,1-3H3;. The van der Waals surface area contributed by atoms with E-state index >= 15 is 0 Å². The van der Waals surface area contributed by atoms with Gasteiger partial charge in [0.15, 0.2) is 17.7 Å². The first kappa shape index (κ1) is 15.6. The number of hydrogen-bond acceptors (Lipinski definition) is 3. The summed E-state index contributed by atoms with van der Waals surface area (Å²) in [5, 5.41) is 0. The number of ether oxygens (including phenoxy) is 1. The number of ketones is 2. The Labute approximate surface area is 98.0 Å². The molecule has 0 aromatic heterocycles. The quantitative estimate of drug-likeness (QED) is 0.412. The van der Waals surface area contributed by atoms with Crippen LogP contribution in [-0.4, -0.2) is 24.3 Å². The first-order chi connectivity index (χ1) is 5.59. The van der Waals surface area contributed by atoms with Crippen LogP contribution >= 0.6 is 0 Å². The molecule has 0 aliphatic heterocycles. The number of carbonyl (C=O) groups excluding carboxylic acids is 2. The first-order valence-corrected chi connectivity index (χ1v) is 4.22. The molecule has 0 saturated heterocycles. The molecule has 0 N–H and O–H groups in total. The van der Waals surface area contributed by atoms with Gasteiger partial charge in [0, 0.05) is 32.5 Å². The summed E-state index contributed by atoms with van der Waals surface area (Å²) in [6.07, 6.45) is 1.05. The molecule has 0 rings (SSSR count). The van der Waals surface area contributed by atoms with Crippen LogP contribution in [0.15, 0.2) is 0 Å². The molecule has 0 heterocycles. The van der Waals surface area contributed by atoms with Crippen LogP contribution in [0.4, 0.5) is 0 Å². The molecule has 0 radical (unpaired) electrons. The van der Waals surface area contributed by atoms with Crippen LogP contribution in [0.1, 0.15) is 33.6 Å². The van der Waals surface area contributed by atoms with Gasteiger partial charge in [-0.25, -0.2) is 0 Å². The average molecular weight is 351 g/mol. The SMILES string of the molecule is CCCCOC(C(C)=O)C(C)=O.[Hf]. The third-order valence-electron chi connectivity index (χ3n) is 1.52. The summed E-state index contributed by atoms with van der Waals surface area (Å²) in [6.45, 7) is 5.26. The minimum atomic E-state index is -0.837. The van der Waals surface area contributed by atoms with Crippen molar-refractivity contribution in [1.29, 1.82) is 0 Å². The van der Waals surface area contributed by atoms with Crippen LogP contribution in [0.2, 0.25) is 0 Å². The van der Waals surface area contributed by atoms with Gasteiger partial charge < -0.3 is 4.74 Å². The van der Waals surface area contributed by atoms with Gasteiger partial charge in [-0.3, -0.25) is 9.59 Å². The topological polar surface area (TPSA) is 43.4 Å². The van der Waals surface area contributed by atoms with E-state index in [0.29, 0.717) is 6.61 Å². The molecule has 0 aromatic rings. The monoisotopic (exact) mass is 352 g/mol. The Morgan fingerprint density at radius 1 is 1.23 bits per heavy atom. The molecule has 4 heteroatoms. The minimum absolute atomic E-state index is 0. The Balaban J connectivity index is 0. The fourth-order valence-electron chi connectivity index (χ4n) is 0.866. The van der Waals surface area contributed by atoms with Crippen molar-refractivity contribution < 1.29 is 40.2 Å². The summed E-state index contributed by atoms with van der Waals surface area (Å²) < 4.78 is 5.11. The maximum Gasteiger partial charge on any atom is 0.173 e. The Hall–Kier alpha value is 0.170. The minimum Gasteiger partial charge on any atom is -0.363 e. The van der Waals surface area contributed by atoms with Crippen LogP contribution < -0.4 is 0 Å². The van der Waals surface area contributed by atoms with Crippen LogP contribution in [0.25, 0.3) is 0 Å². The zero-order chi connectivity index (χ0) is 9.56. The van der Waals surface area contributed by atoms with Crippen molar-refractivity contribution in [2.75, 3.05) is 6.61 Å². The summed E-state index contributed by atoms with van der Waals surface area (Å²) in [4.78, 5) is 21.7. The second-order valence-corrected chi connectivity index (χ2v) is 2.83. The van der Waals surface area contributed by atoms with Crippen molar-refractivity contribution in [3.8, 4) is 0 Å². The van der Waals surface area contributed by atoms with Gasteiger partial charge in [-0.15, -0.1) is 0 Å². The van der Waals surface area contributed by atoms with Crippen LogP contribution in [-0.2, 0) is 40.2 Å². The van der Waals surface area contributed by atoms with Crippen molar-refractivity contribution in [2.24, 2.45) is 0 Å². The van der Waals surface area contributed by atoms with Crippen molar-refractivity contribution in [2.45, 2.75) is 39.7 Å². The molecule has 0 aromatic carbocycles. The molecule has 0 unspecified atom stereocenters. The van der Waals surface area contributed by atoms with E-state index in [0.717, 1.165) is 12.8 Å². The molecule has 74 valence electrons. The summed E-state index contributed by atoms with van der Waals surface area (Å²) >= 11 is 0. The summed E-state index contributed by atoms with van der Waals surface area (Å²) in [5.74, 6) is -0.419. The molecule has 0 bridgehead atoms. The fraction of sp³-hybridized carbons (Fsp3) is 0.778. The Morgan fingerprint density at radius 2 is 1.69 bits per heavy atom. The molecule has 0 aliphatic carbocycles.